The van der Waals surface area contributed by atoms with Crippen molar-refractivity contribution in [2.24, 2.45) is 0 Å². The van der Waals surface area contributed by atoms with Gasteiger partial charge in [-0.1, -0.05) is 11.6 Å². The van der Waals surface area contributed by atoms with Gasteiger partial charge in [0.15, 0.2) is 0 Å². The summed E-state index contributed by atoms with van der Waals surface area (Å²) in [5.74, 6) is 0. The van der Waals surface area contributed by atoms with Crippen LogP contribution in [0.4, 0.5) is 5.69 Å². The van der Waals surface area contributed by atoms with Gasteiger partial charge in [0.2, 0.25) is 10.0 Å². The molecule has 0 radical (unpaired) electrons. The van der Waals surface area contributed by atoms with Gasteiger partial charge in [0.05, 0.1) is 5.69 Å². The van der Waals surface area contributed by atoms with Gasteiger partial charge in [-0.2, -0.15) is 4.31 Å². The quantitative estimate of drug-likeness (QED) is 0.835. The number of nitrogens with two attached hydrogens (primary N) is 1. The molecule has 1 aromatic carbocycles. The van der Waals surface area contributed by atoms with Crippen molar-refractivity contribution >= 4 is 27.3 Å². The van der Waals surface area contributed by atoms with Gasteiger partial charge in [-0.3, -0.25) is 0 Å². The predicted molar refractivity (Wildman–Crippen MR) is 76.7 cm³/mol. The average Bonchev–Trinajstić information content (AvgIpc) is 2.32. The first-order chi connectivity index (χ1) is 8.82. The summed E-state index contributed by atoms with van der Waals surface area (Å²) in [5, 5.41) is 0.434. The SMILES string of the molecule is CC1CN(S(=O)(=O)c2ccc(Cl)cc2N)CCN1C. The molecule has 0 aliphatic carbocycles. The fourth-order valence-corrected chi connectivity index (χ4v) is 3.92. The normalized spacial score (nSPS) is 22.6. The molecular weight excluding hydrogens is 286 g/mol. The first-order valence-corrected chi connectivity index (χ1v) is 7.89. The van der Waals surface area contributed by atoms with Gasteiger partial charge in [0, 0.05) is 30.7 Å². The lowest BCUT2D eigenvalue weighted by molar-refractivity contribution is 0.159. The highest BCUT2D eigenvalue weighted by Gasteiger charge is 2.31. The third kappa shape index (κ3) is 2.86. The van der Waals surface area contributed by atoms with Crippen LogP contribution >= 0.6 is 11.6 Å². The largest absolute Gasteiger partial charge is 0.398 e. The monoisotopic (exact) mass is 303 g/mol. The van der Waals surface area contributed by atoms with Gasteiger partial charge in [-0.15, -0.1) is 0 Å². The van der Waals surface area contributed by atoms with E-state index in [2.05, 4.69) is 4.90 Å². The van der Waals surface area contributed by atoms with Crippen molar-refractivity contribution in [3.8, 4) is 0 Å². The van der Waals surface area contributed by atoms with Crippen LogP contribution in [0.1, 0.15) is 6.92 Å². The van der Waals surface area contributed by atoms with E-state index in [-0.39, 0.29) is 16.6 Å². The number of nitrogens with zero attached hydrogens (tertiary/aromatic N) is 2. The Morgan fingerprint density at radius 2 is 2.05 bits per heavy atom. The number of likely N-dealkylation sites (N-methyl/N-ethyl adjacent to an activating group) is 1. The van der Waals surface area contributed by atoms with Crippen molar-refractivity contribution in [1.82, 2.24) is 9.21 Å². The summed E-state index contributed by atoms with van der Waals surface area (Å²) in [5.41, 5.74) is 5.97. The molecule has 0 spiro atoms. The number of hydrogen-bond acceptors (Lipinski definition) is 4. The van der Waals surface area contributed by atoms with Crippen LogP contribution in [-0.2, 0) is 10.0 Å². The second-order valence-electron chi connectivity index (χ2n) is 4.87. The topological polar surface area (TPSA) is 66.6 Å². The predicted octanol–water partition coefficient (Wildman–Crippen LogP) is 1.25. The van der Waals surface area contributed by atoms with E-state index in [1.807, 2.05) is 14.0 Å². The average molecular weight is 304 g/mol. The number of hydrogen-bond donors (Lipinski definition) is 1. The molecule has 1 saturated heterocycles. The summed E-state index contributed by atoms with van der Waals surface area (Å²) in [6.07, 6.45) is 0. The van der Waals surface area contributed by atoms with E-state index >= 15 is 0 Å². The maximum atomic E-state index is 12.6. The fourth-order valence-electron chi connectivity index (χ4n) is 2.13. The van der Waals surface area contributed by atoms with Gasteiger partial charge < -0.3 is 10.6 Å². The van der Waals surface area contributed by atoms with Crippen LogP contribution in [-0.4, -0.2) is 50.3 Å². The van der Waals surface area contributed by atoms with Crippen molar-refractivity contribution in [3.63, 3.8) is 0 Å². The number of piperazine rings is 1. The third-order valence-electron chi connectivity index (χ3n) is 3.51. The molecular formula is C12H18ClN3O2S. The zero-order chi connectivity index (χ0) is 14.2. The molecule has 0 bridgehead atoms. The highest BCUT2D eigenvalue weighted by atomic mass is 35.5. The molecule has 0 amide bonds. The molecule has 1 atom stereocenters. The van der Waals surface area contributed by atoms with E-state index in [4.69, 9.17) is 17.3 Å². The molecule has 0 aromatic heterocycles. The van der Waals surface area contributed by atoms with E-state index in [9.17, 15) is 8.42 Å². The van der Waals surface area contributed by atoms with Crippen molar-refractivity contribution < 1.29 is 8.42 Å². The molecule has 5 nitrogen and oxygen atoms in total. The second-order valence-corrected chi connectivity index (χ2v) is 7.22. The number of anilines is 1. The summed E-state index contributed by atoms with van der Waals surface area (Å²) in [4.78, 5) is 2.27. The second kappa shape index (κ2) is 5.28. The molecule has 2 N–H and O–H groups in total. The van der Waals surface area contributed by atoms with Crippen molar-refractivity contribution in [3.05, 3.63) is 23.2 Å². The lowest BCUT2D eigenvalue weighted by Gasteiger charge is -2.36. The smallest absolute Gasteiger partial charge is 0.245 e. The van der Waals surface area contributed by atoms with E-state index in [0.717, 1.165) is 0 Å². The summed E-state index contributed by atoms with van der Waals surface area (Å²) < 4.78 is 26.6. The minimum atomic E-state index is -3.54. The minimum Gasteiger partial charge on any atom is -0.398 e. The number of halogens is 1. The van der Waals surface area contributed by atoms with Crippen LogP contribution in [0.2, 0.25) is 5.02 Å². The van der Waals surface area contributed by atoms with Gasteiger partial charge in [-0.05, 0) is 32.2 Å². The van der Waals surface area contributed by atoms with Crippen LogP contribution in [0.5, 0.6) is 0 Å². The molecule has 19 heavy (non-hydrogen) atoms. The number of sulfonamides is 1. The Balaban J connectivity index is 2.32. The molecule has 2 rings (SSSR count). The van der Waals surface area contributed by atoms with Gasteiger partial charge in [-0.25, -0.2) is 8.42 Å². The minimum absolute atomic E-state index is 0.133. The molecule has 1 unspecified atom stereocenters. The fraction of sp³-hybridized carbons (Fsp3) is 0.500. The van der Waals surface area contributed by atoms with Crippen LogP contribution < -0.4 is 5.73 Å². The molecule has 1 aromatic rings. The molecule has 7 heteroatoms. The van der Waals surface area contributed by atoms with Crippen molar-refractivity contribution in [2.45, 2.75) is 17.9 Å². The van der Waals surface area contributed by atoms with Crippen LogP contribution in [0.15, 0.2) is 23.1 Å². The Labute approximate surface area is 119 Å². The Hall–Kier alpha value is -0.820. The Bertz CT molecular complexity index is 576. The van der Waals surface area contributed by atoms with Crippen LogP contribution in [0.25, 0.3) is 0 Å². The maximum Gasteiger partial charge on any atom is 0.245 e. The standard InChI is InChI=1S/C12H18ClN3O2S/c1-9-8-16(6-5-15(9)2)19(17,18)12-4-3-10(13)7-11(12)14/h3-4,7,9H,5-6,8,14H2,1-2H3. The third-order valence-corrected chi connectivity index (χ3v) is 5.69. The highest BCUT2D eigenvalue weighted by Crippen LogP contribution is 2.26. The molecule has 1 heterocycles. The Morgan fingerprint density at radius 3 is 2.63 bits per heavy atom. The number of nitrogen functional groups attached to an aromatic ring is 1. The van der Waals surface area contributed by atoms with Gasteiger partial charge >= 0.3 is 0 Å². The molecule has 0 saturated carbocycles. The summed E-state index contributed by atoms with van der Waals surface area (Å²) in [6, 6.07) is 4.67. The maximum absolute atomic E-state index is 12.6. The summed E-state index contributed by atoms with van der Waals surface area (Å²) in [6.45, 7) is 3.67. The van der Waals surface area contributed by atoms with E-state index in [0.29, 0.717) is 24.7 Å². The molecule has 1 fully saturated rings. The van der Waals surface area contributed by atoms with Crippen LogP contribution in [0, 0.1) is 0 Å². The molecule has 1 aliphatic heterocycles. The highest BCUT2D eigenvalue weighted by molar-refractivity contribution is 7.89. The zero-order valence-electron chi connectivity index (χ0n) is 11.0. The first-order valence-electron chi connectivity index (χ1n) is 6.08. The number of benzene rings is 1. The summed E-state index contributed by atoms with van der Waals surface area (Å²) in [7, 11) is -1.55. The van der Waals surface area contributed by atoms with E-state index in [1.165, 1.54) is 16.4 Å². The lowest BCUT2D eigenvalue weighted by Crippen LogP contribution is -2.51. The molecule has 1 aliphatic rings. The molecule has 106 valence electrons. The lowest BCUT2D eigenvalue weighted by atomic mass is 10.2. The number of rotatable bonds is 2. The van der Waals surface area contributed by atoms with Gasteiger partial charge in [0.1, 0.15) is 4.90 Å². The summed E-state index contributed by atoms with van der Waals surface area (Å²) >= 11 is 5.80. The van der Waals surface area contributed by atoms with Gasteiger partial charge in [0.25, 0.3) is 0 Å². The van der Waals surface area contributed by atoms with E-state index in [1.54, 1.807) is 6.07 Å². The van der Waals surface area contributed by atoms with Crippen molar-refractivity contribution in [1.29, 1.82) is 0 Å². The Morgan fingerprint density at radius 1 is 1.37 bits per heavy atom. The van der Waals surface area contributed by atoms with Crippen molar-refractivity contribution in [2.75, 3.05) is 32.4 Å². The first kappa shape index (κ1) is 14.6. The van der Waals surface area contributed by atoms with E-state index < -0.39 is 10.0 Å². The van der Waals surface area contributed by atoms with Crippen LogP contribution in [0.3, 0.4) is 0 Å². The Kier molecular flexibility index (Phi) is 4.06. The zero-order valence-corrected chi connectivity index (χ0v) is 12.6.